The molecule has 1 aromatic carbocycles. The number of para-hydroxylation sites is 1. The number of piperidine rings is 1. The van der Waals surface area contributed by atoms with Crippen molar-refractivity contribution in [1.82, 2.24) is 0 Å². The highest BCUT2D eigenvalue weighted by atomic mass is 16.6. The third kappa shape index (κ3) is 3.32. The van der Waals surface area contributed by atoms with Crippen LogP contribution >= 0.6 is 0 Å². The van der Waals surface area contributed by atoms with E-state index >= 15 is 0 Å². The lowest BCUT2D eigenvalue weighted by atomic mass is 9.96. The normalized spacial score (nSPS) is 15.8. The van der Waals surface area contributed by atoms with Gasteiger partial charge in [-0.3, -0.25) is 14.9 Å². The number of esters is 1. The number of hydrogen-bond donors (Lipinski definition) is 0. The smallest absolute Gasteiger partial charge is 0.309 e. The highest BCUT2D eigenvalue weighted by Gasteiger charge is 2.29. The van der Waals surface area contributed by atoms with Crippen LogP contribution in [0.4, 0.5) is 11.4 Å². The Morgan fingerprint density at radius 1 is 1.43 bits per heavy atom. The summed E-state index contributed by atoms with van der Waals surface area (Å²) >= 11 is 0. The van der Waals surface area contributed by atoms with Crippen LogP contribution in [-0.2, 0) is 9.53 Å². The van der Waals surface area contributed by atoms with Crippen LogP contribution in [0.25, 0.3) is 0 Å². The Balaban J connectivity index is 2.13. The van der Waals surface area contributed by atoms with Crippen LogP contribution in [0.15, 0.2) is 18.2 Å². The lowest BCUT2D eigenvalue weighted by Crippen LogP contribution is -2.37. The third-order valence-electron chi connectivity index (χ3n) is 3.84. The average Bonchev–Trinajstić information content (AvgIpc) is 2.47. The zero-order chi connectivity index (χ0) is 15.4. The fourth-order valence-corrected chi connectivity index (χ4v) is 2.80. The minimum Gasteiger partial charge on any atom is -0.466 e. The van der Waals surface area contributed by atoms with Gasteiger partial charge >= 0.3 is 5.97 Å². The molecule has 0 aliphatic carbocycles. The van der Waals surface area contributed by atoms with E-state index in [9.17, 15) is 14.9 Å². The first-order chi connectivity index (χ1) is 10.0. The van der Waals surface area contributed by atoms with Gasteiger partial charge in [0.2, 0.25) is 0 Å². The summed E-state index contributed by atoms with van der Waals surface area (Å²) < 4.78 is 5.04. The number of nitro benzene ring substituents is 1. The maximum absolute atomic E-state index is 11.7. The molecule has 0 saturated carbocycles. The molecule has 0 aromatic heterocycles. The van der Waals surface area contributed by atoms with Crippen LogP contribution in [-0.4, -0.2) is 30.6 Å². The quantitative estimate of drug-likeness (QED) is 0.484. The first kappa shape index (κ1) is 15.3. The van der Waals surface area contributed by atoms with Crippen molar-refractivity contribution in [1.29, 1.82) is 0 Å². The summed E-state index contributed by atoms with van der Waals surface area (Å²) in [5.41, 5.74) is 1.69. The molecule has 21 heavy (non-hydrogen) atoms. The molecule has 1 aliphatic rings. The molecule has 6 nitrogen and oxygen atoms in total. The topological polar surface area (TPSA) is 72.7 Å². The van der Waals surface area contributed by atoms with Gasteiger partial charge < -0.3 is 9.64 Å². The van der Waals surface area contributed by atoms with E-state index in [4.69, 9.17) is 4.74 Å². The van der Waals surface area contributed by atoms with Crippen LogP contribution in [0.5, 0.6) is 0 Å². The maximum Gasteiger partial charge on any atom is 0.309 e. The van der Waals surface area contributed by atoms with Gasteiger partial charge in [-0.25, -0.2) is 0 Å². The van der Waals surface area contributed by atoms with Gasteiger partial charge in [-0.05, 0) is 32.3 Å². The monoisotopic (exact) mass is 292 g/mol. The van der Waals surface area contributed by atoms with Gasteiger partial charge in [0.05, 0.1) is 17.4 Å². The Morgan fingerprint density at radius 3 is 2.67 bits per heavy atom. The van der Waals surface area contributed by atoms with Crippen molar-refractivity contribution >= 4 is 17.3 Å². The zero-order valence-corrected chi connectivity index (χ0v) is 12.4. The number of rotatable bonds is 4. The molecule has 0 spiro atoms. The first-order valence-electron chi connectivity index (χ1n) is 7.20. The van der Waals surface area contributed by atoms with Crippen molar-refractivity contribution in [2.45, 2.75) is 26.7 Å². The number of benzene rings is 1. The Kier molecular flexibility index (Phi) is 4.77. The van der Waals surface area contributed by atoms with Crippen molar-refractivity contribution in [2.75, 3.05) is 24.6 Å². The van der Waals surface area contributed by atoms with E-state index in [1.807, 2.05) is 17.9 Å². The molecule has 1 aliphatic heterocycles. The molecule has 0 atom stereocenters. The Labute approximate surface area is 123 Å². The largest absolute Gasteiger partial charge is 0.466 e. The molecular formula is C15H20N2O4. The minimum atomic E-state index is -0.347. The van der Waals surface area contributed by atoms with Crippen molar-refractivity contribution in [3.63, 3.8) is 0 Å². The summed E-state index contributed by atoms with van der Waals surface area (Å²) in [4.78, 5) is 24.6. The summed E-state index contributed by atoms with van der Waals surface area (Å²) in [5, 5.41) is 11.2. The van der Waals surface area contributed by atoms with Gasteiger partial charge in [0, 0.05) is 19.2 Å². The van der Waals surface area contributed by atoms with Gasteiger partial charge in [0.25, 0.3) is 5.69 Å². The molecular weight excluding hydrogens is 272 g/mol. The highest BCUT2D eigenvalue weighted by Crippen LogP contribution is 2.34. The number of nitrogens with zero attached hydrogens (tertiary/aromatic N) is 2. The van der Waals surface area contributed by atoms with Gasteiger partial charge in [-0.15, -0.1) is 0 Å². The van der Waals surface area contributed by atoms with Crippen LogP contribution in [0, 0.1) is 23.0 Å². The molecule has 114 valence electrons. The van der Waals surface area contributed by atoms with Crippen molar-refractivity contribution < 1.29 is 14.5 Å². The molecule has 1 fully saturated rings. The minimum absolute atomic E-state index is 0.0933. The van der Waals surface area contributed by atoms with E-state index in [1.54, 1.807) is 13.0 Å². The number of aryl methyl sites for hydroxylation is 1. The van der Waals surface area contributed by atoms with E-state index in [1.165, 1.54) is 6.07 Å². The van der Waals surface area contributed by atoms with Crippen molar-refractivity contribution in [3.05, 3.63) is 33.9 Å². The maximum atomic E-state index is 11.7. The van der Waals surface area contributed by atoms with Gasteiger partial charge in [-0.2, -0.15) is 0 Å². The number of hydrogen-bond acceptors (Lipinski definition) is 5. The van der Waals surface area contributed by atoms with E-state index in [0.29, 0.717) is 38.2 Å². The van der Waals surface area contributed by atoms with Crippen LogP contribution in [0.2, 0.25) is 0 Å². The number of carbonyl (C=O) groups is 1. The van der Waals surface area contributed by atoms with Crippen LogP contribution < -0.4 is 4.90 Å². The third-order valence-corrected chi connectivity index (χ3v) is 3.84. The molecule has 2 rings (SSSR count). The Morgan fingerprint density at radius 2 is 2.10 bits per heavy atom. The molecule has 1 aromatic rings. The average molecular weight is 292 g/mol. The number of anilines is 1. The summed E-state index contributed by atoms with van der Waals surface area (Å²) in [6.45, 7) is 5.33. The first-order valence-corrected chi connectivity index (χ1v) is 7.20. The molecule has 1 saturated heterocycles. The van der Waals surface area contributed by atoms with Gasteiger partial charge in [0.15, 0.2) is 0 Å². The van der Waals surface area contributed by atoms with Crippen LogP contribution in [0.3, 0.4) is 0 Å². The molecule has 0 unspecified atom stereocenters. The number of ether oxygens (including phenoxy) is 1. The molecule has 1 heterocycles. The number of nitro groups is 1. The second kappa shape index (κ2) is 6.56. The Hall–Kier alpha value is -2.11. The fourth-order valence-electron chi connectivity index (χ4n) is 2.80. The Bertz CT molecular complexity index is 536. The van der Waals surface area contributed by atoms with Crippen molar-refractivity contribution in [3.8, 4) is 0 Å². The lowest BCUT2D eigenvalue weighted by molar-refractivity contribution is -0.384. The van der Waals surface area contributed by atoms with E-state index in [2.05, 4.69) is 0 Å². The molecule has 0 amide bonds. The lowest BCUT2D eigenvalue weighted by Gasteiger charge is -2.33. The molecule has 0 N–H and O–H groups in total. The summed E-state index contributed by atoms with van der Waals surface area (Å²) in [5.74, 6) is -0.249. The summed E-state index contributed by atoms with van der Waals surface area (Å²) in [6.07, 6.45) is 1.34. The molecule has 6 heteroatoms. The SMILES string of the molecule is CCOC(=O)C1CCN(c2c(C)cccc2[N+](=O)[O-])CC1. The van der Waals surface area contributed by atoms with E-state index in [-0.39, 0.29) is 22.5 Å². The standard InChI is InChI=1S/C15H20N2O4/c1-3-21-15(18)12-7-9-16(10-8-12)14-11(2)5-4-6-13(14)17(19)20/h4-6,12H,3,7-10H2,1-2H3. The van der Waals surface area contributed by atoms with Crippen LogP contribution in [0.1, 0.15) is 25.3 Å². The second-order valence-electron chi connectivity index (χ2n) is 5.21. The van der Waals surface area contributed by atoms with Crippen molar-refractivity contribution in [2.24, 2.45) is 5.92 Å². The van der Waals surface area contributed by atoms with Gasteiger partial charge in [-0.1, -0.05) is 12.1 Å². The van der Waals surface area contributed by atoms with Gasteiger partial charge in [0.1, 0.15) is 5.69 Å². The zero-order valence-electron chi connectivity index (χ0n) is 12.4. The summed E-state index contributed by atoms with van der Waals surface area (Å²) in [7, 11) is 0. The highest BCUT2D eigenvalue weighted by molar-refractivity contribution is 5.73. The molecule has 0 radical (unpaired) electrons. The fraction of sp³-hybridized carbons (Fsp3) is 0.533. The summed E-state index contributed by atoms with van der Waals surface area (Å²) in [6, 6.07) is 5.10. The van der Waals surface area contributed by atoms with E-state index in [0.717, 1.165) is 5.56 Å². The predicted molar refractivity (Wildman–Crippen MR) is 79.4 cm³/mol. The molecule has 0 bridgehead atoms. The van der Waals surface area contributed by atoms with E-state index < -0.39 is 0 Å². The second-order valence-corrected chi connectivity index (χ2v) is 5.21. The number of carbonyl (C=O) groups excluding carboxylic acids is 1. The predicted octanol–water partition coefficient (Wildman–Crippen LogP) is 2.68.